The summed E-state index contributed by atoms with van der Waals surface area (Å²) < 4.78 is 5.61. The lowest BCUT2D eigenvalue weighted by molar-refractivity contribution is 0.0696. The summed E-state index contributed by atoms with van der Waals surface area (Å²) in [5, 5.41) is 12.4. The van der Waals surface area contributed by atoms with Gasteiger partial charge in [-0.05, 0) is 30.7 Å². The maximum atomic E-state index is 11.2. The van der Waals surface area contributed by atoms with Crippen LogP contribution in [0.1, 0.15) is 30.1 Å². The van der Waals surface area contributed by atoms with Gasteiger partial charge in [-0.15, -0.1) is 0 Å². The minimum atomic E-state index is -0.966. The van der Waals surface area contributed by atoms with Crippen LogP contribution in [0.2, 0.25) is 0 Å². The molecule has 4 heteroatoms. The van der Waals surface area contributed by atoms with Gasteiger partial charge in [0, 0.05) is 17.4 Å². The topological polar surface area (TPSA) is 58.6 Å². The summed E-state index contributed by atoms with van der Waals surface area (Å²) in [6.07, 6.45) is 1.98. The summed E-state index contributed by atoms with van der Waals surface area (Å²) in [5.74, 6) is -0.395. The van der Waals surface area contributed by atoms with Crippen molar-refractivity contribution in [2.45, 2.75) is 19.8 Å². The number of carbonyl (C=O) groups is 1. The quantitative estimate of drug-likeness (QED) is 0.744. The number of unbranched alkanes of at least 4 members (excludes halogenated alkanes) is 1. The van der Waals surface area contributed by atoms with Gasteiger partial charge >= 0.3 is 5.97 Å². The molecule has 2 aromatic carbocycles. The van der Waals surface area contributed by atoms with Crippen molar-refractivity contribution in [1.82, 2.24) is 0 Å². The average Bonchev–Trinajstić information content (AvgIpc) is 2.48. The van der Waals surface area contributed by atoms with Crippen LogP contribution in [0.5, 0.6) is 5.75 Å². The Morgan fingerprint density at radius 1 is 1.14 bits per heavy atom. The van der Waals surface area contributed by atoms with E-state index in [-0.39, 0.29) is 5.56 Å². The van der Waals surface area contributed by atoms with Gasteiger partial charge in [-0.2, -0.15) is 0 Å². The zero-order valence-corrected chi connectivity index (χ0v) is 12.0. The number of rotatable bonds is 7. The highest BCUT2D eigenvalue weighted by Gasteiger charge is 2.08. The van der Waals surface area contributed by atoms with Crippen LogP contribution in [0, 0.1) is 0 Å². The fraction of sp³-hybridized carbons (Fsp3) is 0.235. The second-order valence-electron chi connectivity index (χ2n) is 4.74. The van der Waals surface area contributed by atoms with Gasteiger partial charge in [-0.25, -0.2) is 4.79 Å². The van der Waals surface area contributed by atoms with Crippen molar-refractivity contribution in [2.24, 2.45) is 0 Å². The molecule has 2 aromatic rings. The lowest BCUT2D eigenvalue weighted by Gasteiger charge is -2.11. The van der Waals surface area contributed by atoms with Crippen LogP contribution in [0.3, 0.4) is 0 Å². The van der Waals surface area contributed by atoms with E-state index in [0.717, 1.165) is 18.5 Å². The van der Waals surface area contributed by atoms with Gasteiger partial charge in [0.05, 0.1) is 12.2 Å². The lowest BCUT2D eigenvalue weighted by atomic mass is 10.1. The molecular weight excluding hydrogens is 266 g/mol. The standard InChI is InChI=1S/C17H19NO3/c1-2-3-9-21-16-11-13(17(19)20)10-15(12-16)18-14-7-5-4-6-8-14/h4-8,10-12,18H,2-3,9H2,1H3,(H,19,20). The van der Waals surface area contributed by atoms with Crippen LogP contribution in [-0.2, 0) is 0 Å². The molecule has 0 saturated carbocycles. The molecule has 2 N–H and O–H groups in total. The summed E-state index contributed by atoms with van der Waals surface area (Å²) >= 11 is 0. The van der Waals surface area contributed by atoms with Crippen LogP contribution in [0.4, 0.5) is 11.4 Å². The predicted octanol–water partition coefficient (Wildman–Crippen LogP) is 4.31. The SMILES string of the molecule is CCCCOc1cc(Nc2ccccc2)cc(C(=O)O)c1. The number of hydrogen-bond acceptors (Lipinski definition) is 3. The summed E-state index contributed by atoms with van der Waals surface area (Å²) in [6, 6.07) is 14.6. The van der Waals surface area contributed by atoms with Gasteiger partial charge in [0.1, 0.15) is 5.75 Å². The summed E-state index contributed by atoms with van der Waals surface area (Å²) in [6.45, 7) is 2.67. The molecule has 0 unspecified atom stereocenters. The Labute approximate surface area is 124 Å². The number of hydrogen-bond donors (Lipinski definition) is 2. The zero-order valence-electron chi connectivity index (χ0n) is 12.0. The molecule has 0 fully saturated rings. The molecule has 0 heterocycles. The van der Waals surface area contributed by atoms with E-state index < -0.39 is 5.97 Å². The number of benzene rings is 2. The second-order valence-corrected chi connectivity index (χ2v) is 4.74. The van der Waals surface area contributed by atoms with Crippen LogP contribution in [0.25, 0.3) is 0 Å². The van der Waals surface area contributed by atoms with E-state index in [2.05, 4.69) is 12.2 Å². The Morgan fingerprint density at radius 2 is 1.90 bits per heavy atom. The summed E-state index contributed by atoms with van der Waals surface area (Å²) in [7, 11) is 0. The average molecular weight is 285 g/mol. The Hall–Kier alpha value is -2.49. The molecule has 0 aliphatic heterocycles. The molecule has 0 aliphatic rings. The first-order valence-corrected chi connectivity index (χ1v) is 7.02. The first kappa shape index (κ1) is 14.9. The van der Waals surface area contributed by atoms with Gasteiger partial charge in [0.2, 0.25) is 0 Å². The van der Waals surface area contributed by atoms with Crippen molar-refractivity contribution in [3.8, 4) is 5.75 Å². The van der Waals surface area contributed by atoms with Gasteiger partial charge in [0.25, 0.3) is 0 Å². The van der Waals surface area contributed by atoms with Gasteiger partial charge in [-0.1, -0.05) is 31.5 Å². The molecule has 110 valence electrons. The smallest absolute Gasteiger partial charge is 0.335 e. The zero-order chi connectivity index (χ0) is 15.1. The van der Waals surface area contributed by atoms with E-state index in [1.54, 1.807) is 12.1 Å². The van der Waals surface area contributed by atoms with Gasteiger partial charge in [0.15, 0.2) is 0 Å². The van der Waals surface area contributed by atoms with Crippen LogP contribution in [0.15, 0.2) is 48.5 Å². The number of ether oxygens (including phenoxy) is 1. The van der Waals surface area contributed by atoms with Crippen molar-refractivity contribution < 1.29 is 14.6 Å². The van der Waals surface area contributed by atoms with E-state index in [9.17, 15) is 9.90 Å². The minimum absolute atomic E-state index is 0.211. The summed E-state index contributed by atoms with van der Waals surface area (Å²) in [4.78, 5) is 11.2. The molecule has 0 aliphatic carbocycles. The molecule has 21 heavy (non-hydrogen) atoms. The Bertz CT molecular complexity index is 596. The molecule has 2 rings (SSSR count). The van der Waals surface area contributed by atoms with E-state index in [0.29, 0.717) is 18.0 Å². The number of carboxylic acids is 1. The number of para-hydroxylation sites is 1. The van der Waals surface area contributed by atoms with E-state index in [1.807, 2.05) is 36.4 Å². The fourth-order valence-electron chi connectivity index (χ4n) is 1.90. The van der Waals surface area contributed by atoms with E-state index >= 15 is 0 Å². The minimum Gasteiger partial charge on any atom is -0.493 e. The monoisotopic (exact) mass is 285 g/mol. The first-order valence-electron chi connectivity index (χ1n) is 7.02. The molecule has 0 saturated heterocycles. The number of nitrogens with one attached hydrogen (secondary N) is 1. The molecule has 0 spiro atoms. The third-order valence-electron chi connectivity index (χ3n) is 2.98. The van der Waals surface area contributed by atoms with Crippen molar-refractivity contribution in [1.29, 1.82) is 0 Å². The first-order chi connectivity index (χ1) is 10.2. The Balaban J connectivity index is 2.20. The van der Waals surface area contributed by atoms with E-state index in [4.69, 9.17) is 4.74 Å². The van der Waals surface area contributed by atoms with Crippen LogP contribution < -0.4 is 10.1 Å². The maximum absolute atomic E-state index is 11.2. The van der Waals surface area contributed by atoms with Crippen molar-refractivity contribution in [3.63, 3.8) is 0 Å². The largest absolute Gasteiger partial charge is 0.493 e. The molecule has 0 aromatic heterocycles. The van der Waals surface area contributed by atoms with Crippen molar-refractivity contribution >= 4 is 17.3 Å². The van der Waals surface area contributed by atoms with Crippen molar-refractivity contribution in [2.75, 3.05) is 11.9 Å². The summed E-state index contributed by atoms with van der Waals surface area (Å²) in [5.41, 5.74) is 1.81. The Kier molecular flexibility index (Phi) is 5.21. The lowest BCUT2D eigenvalue weighted by Crippen LogP contribution is -2.02. The van der Waals surface area contributed by atoms with Crippen LogP contribution in [-0.4, -0.2) is 17.7 Å². The van der Waals surface area contributed by atoms with E-state index in [1.165, 1.54) is 0 Å². The predicted molar refractivity (Wildman–Crippen MR) is 83.5 cm³/mol. The molecule has 0 amide bonds. The molecule has 0 radical (unpaired) electrons. The highest BCUT2D eigenvalue weighted by Crippen LogP contribution is 2.24. The highest BCUT2D eigenvalue weighted by molar-refractivity contribution is 5.89. The second kappa shape index (κ2) is 7.33. The fourth-order valence-corrected chi connectivity index (χ4v) is 1.90. The van der Waals surface area contributed by atoms with Crippen molar-refractivity contribution in [3.05, 3.63) is 54.1 Å². The van der Waals surface area contributed by atoms with Gasteiger partial charge < -0.3 is 15.2 Å². The molecule has 4 nitrogen and oxygen atoms in total. The number of anilines is 2. The van der Waals surface area contributed by atoms with Crippen LogP contribution >= 0.6 is 0 Å². The molecule has 0 bridgehead atoms. The normalized spacial score (nSPS) is 10.1. The Morgan fingerprint density at radius 3 is 2.57 bits per heavy atom. The third-order valence-corrected chi connectivity index (χ3v) is 2.98. The van der Waals surface area contributed by atoms with Gasteiger partial charge in [-0.3, -0.25) is 0 Å². The number of aromatic carboxylic acids is 1. The maximum Gasteiger partial charge on any atom is 0.335 e. The molecule has 0 atom stereocenters. The number of carboxylic acid groups (broad SMARTS) is 1. The highest BCUT2D eigenvalue weighted by atomic mass is 16.5. The molecular formula is C17H19NO3. The third kappa shape index (κ3) is 4.53.